The second-order valence-corrected chi connectivity index (χ2v) is 13.6. The van der Waals surface area contributed by atoms with Gasteiger partial charge in [-0.3, -0.25) is 9.59 Å². The number of benzene rings is 2. The smallest absolute Gasteiger partial charge is 0.435 e. The molecule has 2 aromatic rings. The molecule has 7 nitrogen and oxygen atoms in total. The molecule has 2 aliphatic heterocycles. The van der Waals surface area contributed by atoms with E-state index in [2.05, 4.69) is 0 Å². The van der Waals surface area contributed by atoms with Gasteiger partial charge in [0.15, 0.2) is 15.5 Å². The Hall–Kier alpha value is -3.50. The van der Waals surface area contributed by atoms with E-state index in [1.54, 1.807) is 0 Å². The van der Waals surface area contributed by atoms with Gasteiger partial charge in [-0.2, -0.15) is 26.3 Å². The fraction of sp³-hybridized carbons (Fsp3) is 0.500. The Labute approximate surface area is 249 Å². The van der Waals surface area contributed by atoms with Gasteiger partial charge >= 0.3 is 24.0 Å². The van der Waals surface area contributed by atoms with Crippen LogP contribution in [-0.4, -0.2) is 67.5 Å². The minimum atomic E-state index is -6.47. The van der Waals surface area contributed by atoms with Crippen LogP contribution in [0.25, 0.3) is 0 Å². The van der Waals surface area contributed by atoms with Crippen molar-refractivity contribution >= 4 is 21.7 Å². The normalized spacial score (nSPS) is 27.4. The number of halogens is 9. The van der Waals surface area contributed by atoms with Crippen LogP contribution < -0.4 is 4.74 Å². The van der Waals surface area contributed by atoms with Crippen molar-refractivity contribution in [1.82, 2.24) is 4.90 Å². The Morgan fingerprint density at radius 1 is 0.911 bits per heavy atom. The number of fused-ring (bicyclic) bond motifs is 3. The van der Waals surface area contributed by atoms with Crippen molar-refractivity contribution in [2.45, 2.75) is 71.5 Å². The van der Waals surface area contributed by atoms with Gasteiger partial charge in [0, 0.05) is 17.7 Å². The number of aliphatic carboxylic acids is 1. The summed E-state index contributed by atoms with van der Waals surface area (Å²) in [5.41, 5.74) is -10.9. The topological polar surface area (TPSA) is 101 Å². The average Bonchev–Trinajstić information content (AvgIpc) is 3.37. The molecule has 2 atom stereocenters. The summed E-state index contributed by atoms with van der Waals surface area (Å²) < 4.78 is 157. The van der Waals surface area contributed by atoms with Crippen LogP contribution in [0.2, 0.25) is 0 Å². The predicted octanol–water partition coefficient (Wildman–Crippen LogP) is 5.76. The van der Waals surface area contributed by atoms with E-state index >= 15 is 4.39 Å². The highest BCUT2D eigenvalue weighted by Crippen LogP contribution is 2.57. The summed E-state index contributed by atoms with van der Waals surface area (Å²) in [7, 11) is -4.81. The lowest BCUT2D eigenvalue weighted by atomic mass is 9.79. The molecule has 0 radical (unpaired) electrons. The van der Waals surface area contributed by atoms with E-state index in [1.165, 1.54) is 0 Å². The van der Waals surface area contributed by atoms with Crippen LogP contribution in [0.3, 0.4) is 0 Å². The van der Waals surface area contributed by atoms with Crippen molar-refractivity contribution in [3.8, 4) is 5.75 Å². The van der Waals surface area contributed by atoms with E-state index in [9.17, 15) is 58.2 Å². The number of amides is 1. The number of rotatable bonds is 5. The van der Waals surface area contributed by atoms with Gasteiger partial charge in [0.05, 0.1) is 16.9 Å². The summed E-state index contributed by atoms with van der Waals surface area (Å²) in [5, 5.41) is 9.24. The fourth-order valence-corrected chi connectivity index (χ4v) is 8.87. The quantitative estimate of drug-likeness (QED) is 0.320. The minimum absolute atomic E-state index is 0.1000. The minimum Gasteiger partial charge on any atom is -0.491 e. The maximum atomic E-state index is 16.0. The lowest BCUT2D eigenvalue weighted by Crippen LogP contribution is -2.58. The maximum Gasteiger partial charge on any atom is 0.435 e. The number of carboxylic acid groups (broad SMARTS) is 1. The Morgan fingerprint density at radius 2 is 1.49 bits per heavy atom. The zero-order valence-corrected chi connectivity index (χ0v) is 23.7. The number of likely N-dealkylation sites (tertiary alicyclic amines) is 1. The summed E-state index contributed by atoms with van der Waals surface area (Å²) in [6, 6.07) is 2.51. The monoisotopic (exact) mass is 673 g/mol. The molecule has 3 aliphatic rings. The second-order valence-electron chi connectivity index (χ2n) is 11.4. The first-order valence-corrected chi connectivity index (χ1v) is 15.0. The van der Waals surface area contributed by atoms with E-state index in [0.29, 0.717) is 6.07 Å². The van der Waals surface area contributed by atoms with Gasteiger partial charge in [-0.15, -0.1) is 0 Å². The van der Waals surface area contributed by atoms with Gasteiger partial charge in [-0.1, -0.05) is 12.1 Å². The van der Waals surface area contributed by atoms with Crippen LogP contribution in [0.1, 0.15) is 43.2 Å². The highest BCUT2D eigenvalue weighted by Gasteiger charge is 2.74. The van der Waals surface area contributed by atoms with Crippen molar-refractivity contribution in [3.05, 3.63) is 59.4 Å². The zero-order valence-electron chi connectivity index (χ0n) is 22.9. The molecule has 0 spiro atoms. The molecule has 2 fully saturated rings. The first kappa shape index (κ1) is 32.9. The summed E-state index contributed by atoms with van der Waals surface area (Å²) in [4.78, 5) is 25.3. The Kier molecular flexibility index (Phi) is 7.69. The molecule has 1 saturated heterocycles. The van der Waals surface area contributed by atoms with Gasteiger partial charge in [-0.05, 0) is 62.4 Å². The third-order valence-corrected chi connectivity index (χ3v) is 11.6. The summed E-state index contributed by atoms with van der Waals surface area (Å²) in [5.74, 6) is -4.95. The molecular weight excluding hydrogens is 649 g/mol. The van der Waals surface area contributed by atoms with Gasteiger partial charge in [0.1, 0.15) is 22.9 Å². The van der Waals surface area contributed by atoms with Crippen LogP contribution in [-0.2, 0) is 29.8 Å². The Balaban J connectivity index is 1.64. The molecule has 0 aromatic heterocycles. The first-order chi connectivity index (χ1) is 20.7. The van der Waals surface area contributed by atoms with E-state index in [0.717, 1.165) is 29.2 Å². The van der Waals surface area contributed by atoms with Crippen LogP contribution >= 0.6 is 0 Å². The van der Waals surface area contributed by atoms with E-state index in [4.69, 9.17) is 4.74 Å². The molecule has 246 valence electrons. The van der Waals surface area contributed by atoms with E-state index in [-0.39, 0.29) is 25.0 Å². The Morgan fingerprint density at radius 3 is 2.02 bits per heavy atom. The first-order valence-electron chi connectivity index (χ1n) is 13.5. The summed E-state index contributed by atoms with van der Waals surface area (Å²) in [6.07, 6.45) is -14.9. The fourth-order valence-electron chi connectivity index (χ4n) is 6.58. The van der Waals surface area contributed by atoms with Gasteiger partial charge in [-0.25, -0.2) is 21.6 Å². The van der Waals surface area contributed by atoms with Gasteiger partial charge in [0.25, 0.3) is 5.91 Å². The average molecular weight is 674 g/mol. The second kappa shape index (κ2) is 10.5. The largest absolute Gasteiger partial charge is 0.491 e. The number of carbonyl (C=O) groups excluding carboxylic acids is 1. The number of alkyl halides is 8. The SMILES string of the molecule is O=C(O)[C@H]1CC[C@](F)(C(=O)N2CCC3(S(=O)(=O)c4ccc(F)cc4)c4ccc(C(F)(C(F)(F)F)C(F)(F)F)cc4OCC23)CC1. The number of carboxylic acids is 1. The van der Waals surface area contributed by atoms with Crippen LogP contribution in [0, 0.1) is 11.7 Å². The molecule has 45 heavy (non-hydrogen) atoms. The van der Waals surface area contributed by atoms with Crippen LogP contribution in [0.4, 0.5) is 39.5 Å². The number of carbonyl (C=O) groups is 2. The number of ether oxygens (including phenoxy) is 1. The molecule has 17 heteroatoms. The lowest BCUT2D eigenvalue weighted by Gasteiger charge is -2.44. The maximum absolute atomic E-state index is 16.0. The van der Waals surface area contributed by atoms with Crippen molar-refractivity contribution < 1.29 is 67.4 Å². The third-order valence-electron chi connectivity index (χ3n) is 9.03. The molecular formula is C28H24F9NO6S. The predicted molar refractivity (Wildman–Crippen MR) is 136 cm³/mol. The standard InChI is InChI=1S/C28H24F9NO6S/c29-17-2-4-18(5-3-17)45(42,43)25-11-12-38(23(41)24(30)9-7-15(8-10-24)22(39)40)21(25)14-44-20-13-16(1-6-19(20)25)26(31,27(32,33)34)28(35,36)37/h1-6,13,15,21H,7-12,14H2,(H,39,40)/t15-,21?,24+,25?. The number of nitrogens with zero attached hydrogens (tertiary/aromatic N) is 1. The van der Waals surface area contributed by atoms with Crippen molar-refractivity contribution in [3.63, 3.8) is 0 Å². The zero-order chi connectivity index (χ0) is 33.4. The highest BCUT2D eigenvalue weighted by molar-refractivity contribution is 7.92. The molecule has 2 aromatic carbocycles. The van der Waals surface area contributed by atoms with Crippen LogP contribution in [0.15, 0.2) is 47.4 Å². The molecule has 1 amide bonds. The summed E-state index contributed by atoms with van der Waals surface area (Å²) in [6.45, 7) is -1.31. The molecule has 5 rings (SSSR count). The van der Waals surface area contributed by atoms with Crippen molar-refractivity contribution in [1.29, 1.82) is 0 Å². The molecule has 0 bridgehead atoms. The van der Waals surface area contributed by atoms with Crippen LogP contribution in [0.5, 0.6) is 5.75 Å². The number of hydrogen-bond acceptors (Lipinski definition) is 5. The van der Waals surface area contributed by atoms with Gasteiger partial charge < -0.3 is 14.7 Å². The molecule has 1 N–H and O–H groups in total. The highest BCUT2D eigenvalue weighted by atomic mass is 32.2. The third kappa shape index (κ3) is 4.83. The van der Waals surface area contributed by atoms with Crippen molar-refractivity contribution in [2.75, 3.05) is 13.2 Å². The number of sulfone groups is 1. The molecule has 1 aliphatic carbocycles. The van der Waals surface area contributed by atoms with Gasteiger partial charge in [0.2, 0.25) is 0 Å². The molecule has 1 saturated carbocycles. The number of hydrogen-bond donors (Lipinski definition) is 1. The lowest BCUT2D eigenvalue weighted by molar-refractivity contribution is -0.348. The van der Waals surface area contributed by atoms with E-state index in [1.807, 2.05) is 0 Å². The molecule has 2 heterocycles. The summed E-state index contributed by atoms with van der Waals surface area (Å²) >= 11 is 0. The van der Waals surface area contributed by atoms with E-state index < -0.39 is 122 Å². The van der Waals surface area contributed by atoms with Crippen molar-refractivity contribution in [2.24, 2.45) is 5.92 Å². The molecule has 2 unspecified atom stereocenters. The Bertz CT molecular complexity index is 1600.